The summed E-state index contributed by atoms with van der Waals surface area (Å²) in [5.41, 5.74) is 0.00926. The first-order chi connectivity index (χ1) is 7.90. The lowest BCUT2D eigenvalue weighted by atomic mass is 10.2. The van der Waals surface area contributed by atoms with Crippen LogP contribution in [0.5, 0.6) is 0 Å². The molecule has 1 aromatic rings. The second-order valence-electron chi connectivity index (χ2n) is 3.15. The number of hydrogen-bond acceptors (Lipinski definition) is 3. The van der Waals surface area contributed by atoms with Gasteiger partial charge in [0.2, 0.25) is 0 Å². The highest BCUT2D eigenvalue weighted by Crippen LogP contribution is 2.10. The van der Waals surface area contributed by atoms with Crippen LogP contribution >= 0.6 is 0 Å². The molecule has 0 fully saturated rings. The van der Waals surface area contributed by atoms with Crippen molar-refractivity contribution in [3.05, 3.63) is 35.4 Å². The number of benzene rings is 1. The molecule has 5 nitrogen and oxygen atoms in total. The van der Waals surface area contributed by atoms with E-state index < -0.39 is 36.3 Å². The Morgan fingerprint density at radius 2 is 1.59 bits per heavy atom. The molecule has 0 aliphatic heterocycles. The van der Waals surface area contributed by atoms with E-state index in [0.29, 0.717) is 6.07 Å². The molecule has 17 heavy (non-hydrogen) atoms. The molecule has 0 saturated carbocycles. The number of rotatable bonds is 5. The highest BCUT2D eigenvalue weighted by Gasteiger charge is 2.26. The minimum absolute atomic E-state index is 0.00926. The zero-order chi connectivity index (χ0) is 13.0. The Balaban J connectivity index is 2.72. The van der Waals surface area contributed by atoms with E-state index in [1.165, 1.54) is 0 Å². The zero-order valence-corrected chi connectivity index (χ0v) is 8.39. The number of hydrogen-bond donors (Lipinski definition) is 2. The van der Waals surface area contributed by atoms with Crippen LogP contribution in [0.4, 0.5) is 8.78 Å². The van der Waals surface area contributed by atoms with E-state index in [4.69, 9.17) is 10.2 Å². The van der Waals surface area contributed by atoms with Crippen LogP contribution in [-0.4, -0.2) is 28.3 Å². The summed E-state index contributed by atoms with van der Waals surface area (Å²) in [6, 6.07) is 2.48. The summed E-state index contributed by atoms with van der Waals surface area (Å²) in [6.45, 7) is -0.516. The Morgan fingerprint density at radius 3 is 2.00 bits per heavy atom. The van der Waals surface area contributed by atoms with E-state index >= 15 is 0 Å². The van der Waals surface area contributed by atoms with Gasteiger partial charge in [0.15, 0.2) is 0 Å². The number of carbonyl (C=O) groups is 2. The molecule has 0 saturated heterocycles. The Bertz CT molecular complexity index is 412. The normalized spacial score (nSPS) is 10.5. The van der Waals surface area contributed by atoms with Crippen molar-refractivity contribution in [3.8, 4) is 0 Å². The van der Waals surface area contributed by atoms with Crippen molar-refractivity contribution in [1.29, 1.82) is 0 Å². The molecular weight excluding hydrogens is 238 g/mol. The number of aliphatic carboxylic acids is 2. The lowest BCUT2D eigenvalue weighted by Gasteiger charge is -2.09. The number of halogens is 2. The molecule has 1 aromatic carbocycles. The fourth-order valence-corrected chi connectivity index (χ4v) is 1.12. The summed E-state index contributed by atoms with van der Waals surface area (Å²) in [5, 5.41) is 17.0. The Kier molecular flexibility index (Phi) is 4.11. The third kappa shape index (κ3) is 3.80. The summed E-state index contributed by atoms with van der Waals surface area (Å²) in [7, 11) is 0. The average Bonchev–Trinajstić information content (AvgIpc) is 2.14. The van der Waals surface area contributed by atoms with E-state index in [-0.39, 0.29) is 5.56 Å². The first-order valence-electron chi connectivity index (χ1n) is 4.42. The number of ether oxygens (including phenoxy) is 1. The van der Waals surface area contributed by atoms with Crippen LogP contribution in [-0.2, 0) is 20.9 Å². The summed E-state index contributed by atoms with van der Waals surface area (Å²) >= 11 is 0. The molecule has 0 heterocycles. The predicted molar refractivity (Wildman–Crippen MR) is 50.2 cm³/mol. The van der Waals surface area contributed by atoms with E-state index in [2.05, 4.69) is 4.74 Å². The predicted octanol–water partition coefficient (Wildman–Crippen LogP) is 1.02. The number of carboxylic acids is 2. The molecule has 2 N–H and O–H groups in total. The van der Waals surface area contributed by atoms with Gasteiger partial charge in [0.25, 0.3) is 6.10 Å². The third-order valence-corrected chi connectivity index (χ3v) is 1.79. The van der Waals surface area contributed by atoms with Gasteiger partial charge in [0, 0.05) is 6.07 Å². The maximum Gasteiger partial charge on any atom is 0.344 e. The third-order valence-electron chi connectivity index (χ3n) is 1.79. The van der Waals surface area contributed by atoms with Gasteiger partial charge < -0.3 is 14.9 Å². The van der Waals surface area contributed by atoms with Gasteiger partial charge in [-0.25, -0.2) is 18.4 Å². The van der Waals surface area contributed by atoms with Crippen LogP contribution in [0.1, 0.15) is 5.56 Å². The van der Waals surface area contributed by atoms with E-state index in [9.17, 15) is 18.4 Å². The lowest BCUT2D eigenvalue weighted by Crippen LogP contribution is -2.32. The monoisotopic (exact) mass is 246 g/mol. The molecule has 0 radical (unpaired) electrons. The molecule has 92 valence electrons. The second-order valence-corrected chi connectivity index (χ2v) is 3.15. The molecule has 0 aromatic heterocycles. The van der Waals surface area contributed by atoms with Crippen LogP contribution < -0.4 is 0 Å². The minimum atomic E-state index is -2.07. The van der Waals surface area contributed by atoms with Gasteiger partial charge in [0.1, 0.15) is 11.6 Å². The van der Waals surface area contributed by atoms with Crippen LogP contribution in [0.25, 0.3) is 0 Å². The minimum Gasteiger partial charge on any atom is -0.479 e. The summed E-state index contributed by atoms with van der Waals surface area (Å²) in [5.74, 6) is -5.08. The number of carboxylic acid groups (broad SMARTS) is 2. The molecule has 0 spiro atoms. The first kappa shape index (κ1) is 13.0. The van der Waals surface area contributed by atoms with Gasteiger partial charge in [-0.15, -0.1) is 0 Å². The van der Waals surface area contributed by atoms with Crippen LogP contribution in [0.15, 0.2) is 18.2 Å². The van der Waals surface area contributed by atoms with Gasteiger partial charge in [-0.2, -0.15) is 0 Å². The summed E-state index contributed by atoms with van der Waals surface area (Å²) < 4.78 is 30.0. The quantitative estimate of drug-likeness (QED) is 0.758. The molecule has 0 atom stereocenters. The van der Waals surface area contributed by atoms with Crippen molar-refractivity contribution in [3.63, 3.8) is 0 Å². The average molecular weight is 246 g/mol. The molecule has 0 aliphatic rings. The SMILES string of the molecule is O=C(O)C(OCc1cc(F)cc(F)c1)C(=O)O. The van der Waals surface area contributed by atoms with E-state index in [1.54, 1.807) is 0 Å². The molecule has 0 bridgehead atoms. The fourth-order valence-electron chi connectivity index (χ4n) is 1.12. The van der Waals surface area contributed by atoms with E-state index in [0.717, 1.165) is 12.1 Å². The fraction of sp³-hybridized carbons (Fsp3) is 0.200. The van der Waals surface area contributed by atoms with Crippen molar-refractivity contribution in [2.75, 3.05) is 0 Å². The first-order valence-corrected chi connectivity index (χ1v) is 4.42. The van der Waals surface area contributed by atoms with Crippen LogP contribution in [0.2, 0.25) is 0 Å². The van der Waals surface area contributed by atoms with Gasteiger partial charge in [0.05, 0.1) is 6.61 Å². The zero-order valence-electron chi connectivity index (χ0n) is 8.39. The van der Waals surface area contributed by atoms with Crippen molar-refractivity contribution in [2.45, 2.75) is 12.7 Å². The topological polar surface area (TPSA) is 83.8 Å². The molecule has 7 heteroatoms. The largest absolute Gasteiger partial charge is 0.479 e. The maximum absolute atomic E-state index is 12.7. The smallest absolute Gasteiger partial charge is 0.344 e. The molecule has 1 rings (SSSR count). The molecule has 0 unspecified atom stereocenters. The summed E-state index contributed by atoms with van der Waals surface area (Å²) in [4.78, 5) is 20.9. The van der Waals surface area contributed by atoms with Gasteiger partial charge in [-0.1, -0.05) is 0 Å². The van der Waals surface area contributed by atoms with Gasteiger partial charge >= 0.3 is 11.9 Å². The van der Waals surface area contributed by atoms with Crippen molar-refractivity contribution in [2.24, 2.45) is 0 Å². The Labute approximate surface area is 94.2 Å². The molecule has 0 aliphatic carbocycles. The van der Waals surface area contributed by atoms with Crippen LogP contribution in [0, 0.1) is 11.6 Å². The van der Waals surface area contributed by atoms with Crippen LogP contribution in [0.3, 0.4) is 0 Å². The molecule has 0 amide bonds. The van der Waals surface area contributed by atoms with Gasteiger partial charge in [-0.05, 0) is 17.7 Å². The Morgan fingerprint density at radius 1 is 1.12 bits per heavy atom. The maximum atomic E-state index is 12.7. The Hall–Kier alpha value is -2.02. The van der Waals surface area contributed by atoms with E-state index in [1.807, 2.05) is 0 Å². The lowest BCUT2D eigenvalue weighted by molar-refractivity contribution is -0.166. The highest BCUT2D eigenvalue weighted by molar-refractivity contribution is 5.95. The van der Waals surface area contributed by atoms with Crippen molar-refractivity contribution in [1.82, 2.24) is 0 Å². The van der Waals surface area contributed by atoms with Gasteiger partial charge in [-0.3, -0.25) is 0 Å². The summed E-state index contributed by atoms with van der Waals surface area (Å²) in [6.07, 6.45) is -2.07. The van der Waals surface area contributed by atoms with Crippen molar-refractivity contribution >= 4 is 11.9 Å². The highest BCUT2D eigenvalue weighted by atomic mass is 19.1. The standard InChI is InChI=1S/C10H8F2O5/c11-6-1-5(2-7(12)3-6)4-17-8(9(13)14)10(15)16/h1-3,8H,4H2,(H,13,14)(H,15,16). The second kappa shape index (κ2) is 5.35. The van der Waals surface area contributed by atoms with Crippen molar-refractivity contribution < 1.29 is 33.3 Å². The molecular formula is C10H8F2O5.